The van der Waals surface area contributed by atoms with Gasteiger partial charge in [-0.15, -0.1) is 0 Å². The van der Waals surface area contributed by atoms with E-state index >= 15 is 0 Å². The number of carbonyl (C=O) groups excluding carboxylic acids is 1. The zero-order valence-corrected chi connectivity index (χ0v) is 18.6. The Morgan fingerprint density at radius 1 is 1.00 bits per heavy atom. The highest BCUT2D eigenvalue weighted by molar-refractivity contribution is 7.89. The van der Waals surface area contributed by atoms with Crippen molar-refractivity contribution in [3.8, 4) is 0 Å². The number of nitrogens with one attached hydrogen (secondary N) is 2. The van der Waals surface area contributed by atoms with Crippen molar-refractivity contribution < 1.29 is 13.2 Å². The smallest absolute Gasteiger partial charge is 0.241 e. The average Bonchev–Trinajstić information content (AvgIpc) is 2.64. The van der Waals surface area contributed by atoms with Gasteiger partial charge in [0.25, 0.3) is 0 Å². The van der Waals surface area contributed by atoms with Gasteiger partial charge < -0.3 is 5.32 Å². The lowest BCUT2D eigenvalue weighted by atomic mass is 10.1. The Balaban J connectivity index is 2.27. The van der Waals surface area contributed by atoms with Gasteiger partial charge in [0.05, 0.1) is 4.90 Å². The molecule has 0 saturated heterocycles. The Bertz CT molecular complexity index is 901. The molecule has 0 aromatic heterocycles. The van der Waals surface area contributed by atoms with Crippen LogP contribution in [0.2, 0.25) is 0 Å². The van der Waals surface area contributed by atoms with Gasteiger partial charge in [0, 0.05) is 6.54 Å². The molecule has 2 rings (SSSR count). The van der Waals surface area contributed by atoms with Gasteiger partial charge in [-0.05, 0) is 50.3 Å². The van der Waals surface area contributed by atoms with Crippen molar-refractivity contribution in [2.45, 2.75) is 64.3 Å². The van der Waals surface area contributed by atoms with Crippen LogP contribution in [0.1, 0.15) is 48.4 Å². The predicted molar refractivity (Wildman–Crippen MR) is 117 cm³/mol. The lowest BCUT2D eigenvalue weighted by molar-refractivity contribution is -0.122. The molecule has 2 N–H and O–H groups in total. The fourth-order valence-electron chi connectivity index (χ4n) is 3.58. The van der Waals surface area contributed by atoms with Crippen LogP contribution in [0.4, 0.5) is 0 Å². The summed E-state index contributed by atoms with van der Waals surface area (Å²) in [5.41, 5.74) is 3.27. The van der Waals surface area contributed by atoms with Crippen LogP contribution in [-0.2, 0) is 21.2 Å². The molecule has 5 nitrogen and oxygen atoms in total. The van der Waals surface area contributed by atoms with Crippen molar-refractivity contribution in [1.82, 2.24) is 10.0 Å². The quantitative estimate of drug-likeness (QED) is 0.578. The monoisotopic (exact) mass is 416 g/mol. The van der Waals surface area contributed by atoms with Crippen LogP contribution in [0, 0.1) is 20.8 Å². The van der Waals surface area contributed by atoms with Gasteiger partial charge in [-0.1, -0.05) is 67.8 Å². The molecule has 1 unspecified atom stereocenters. The molecule has 2 aromatic carbocycles. The number of sulfonamides is 1. The Morgan fingerprint density at radius 2 is 1.62 bits per heavy atom. The minimum Gasteiger partial charge on any atom is -0.355 e. The Hall–Kier alpha value is -2.18. The highest BCUT2D eigenvalue weighted by Gasteiger charge is 2.28. The van der Waals surface area contributed by atoms with Gasteiger partial charge in [0.2, 0.25) is 15.9 Å². The van der Waals surface area contributed by atoms with Crippen molar-refractivity contribution in [3.05, 3.63) is 64.7 Å². The van der Waals surface area contributed by atoms with Gasteiger partial charge in [0.1, 0.15) is 6.04 Å². The normalized spacial score (nSPS) is 12.6. The third-order valence-corrected chi connectivity index (χ3v) is 6.63. The van der Waals surface area contributed by atoms with E-state index in [1.165, 1.54) is 0 Å². The van der Waals surface area contributed by atoms with Crippen molar-refractivity contribution in [2.24, 2.45) is 0 Å². The number of unbranched alkanes of at least 4 members (excludes halogenated alkanes) is 2. The summed E-state index contributed by atoms with van der Waals surface area (Å²) >= 11 is 0. The van der Waals surface area contributed by atoms with Crippen molar-refractivity contribution in [2.75, 3.05) is 6.54 Å². The molecule has 0 saturated carbocycles. The van der Waals surface area contributed by atoms with E-state index in [-0.39, 0.29) is 10.8 Å². The van der Waals surface area contributed by atoms with E-state index in [9.17, 15) is 13.2 Å². The number of rotatable bonds is 10. The number of benzene rings is 2. The topological polar surface area (TPSA) is 75.3 Å². The summed E-state index contributed by atoms with van der Waals surface area (Å²) in [6, 6.07) is 12.3. The molecule has 2 aromatic rings. The summed E-state index contributed by atoms with van der Waals surface area (Å²) in [6.45, 7) is 8.14. The summed E-state index contributed by atoms with van der Waals surface area (Å²) in [7, 11) is -3.85. The molecule has 1 amide bonds. The van der Waals surface area contributed by atoms with E-state index in [2.05, 4.69) is 17.0 Å². The van der Waals surface area contributed by atoms with Crippen LogP contribution in [0.25, 0.3) is 0 Å². The van der Waals surface area contributed by atoms with Crippen molar-refractivity contribution in [1.29, 1.82) is 0 Å². The first-order valence-electron chi connectivity index (χ1n) is 10.2. The van der Waals surface area contributed by atoms with Crippen molar-refractivity contribution >= 4 is 15.9 Å². The molecule has 0 aliphatic rings. The second-order valence-corrected chi connectivity index (χ2v) is 9.24. The number of amides is 1. The number of hydrogen-bond donors (Lipinski definition) is 2. The van der Waals surface area contributed by atoms with Gasteiger partial charge in [-0.2, -0.15) is 4.72 Å². The predicted octanol–water partition coefficient (Wildman–Crippen LogP) is 3.81. The highest BCUT2D eigenvalue weighted by atomic mass is 32.2. The summed E-state index contributed by atoms with van der Waals surface area (Å²) in [4.78, 5) is 13.1. The average molecular weight is 417 g/mol. The van der Waals surface area contributed by atoms with E-state index < -0.39 is 16.1 Å². The maximum atomic E-state index is 13.2. The first-order chi connectivity index (χ1) is 13.7. The van der Waals surface area contributed by atoms with Gasteiger partial charge in [-0.3, -0.25) is 4.79 Å². The van der Waals surface area contributed by atoms with Crippen LogP contribution in [-0.4, -0.2) is 26.9 Å². The summed E-state index contributed by atoms with van der Waals surface area (Å²) < 4.78 is 29.0. The second kappa shape index (κ2) is 10.6. The minimum atomic E-state index is -3.85. The zero-order chi connectivity index (χ0) is 21.4. The zero-order valence-electron chi connectivity index (χ0n) is 17.8. The molecule has 0 aliphatic carbocycles. The Labute approximate surface area is 175 Å². The second-order valence-electron chi connectivity index (χ2n) is 7.59. The molecular weight excluding hydrogens is 384 g/mol. The first-order valence-corrected chi connectivity index (χ1v) is 11.6. The lowest BCUT2D eigenvalue weighted by Gasteiger charge is -2.20. The summed E-state index contributed by atoms with van der Waals surface area (Å²) in [6.07, 6.45) is 3.26. The molecule has 0 spiro atoms. The Kier molecular flexibility index (Phi) is 8.41. The number of hydrogen-bond acceptors (Lipinski definition) is 3. The molecule has 29 heavy (non-hydrogen) atoms. The van der Waals surface area contributed by atoms with Crippen LogP contribution in [0.5, 0.6) is 0 Å². The molecule has 1 atom stereocenters. The maximum Gasteiger partial charge on any atom is 0.241 e. The largest absolute Gasteiger partial charge is 0.355 e. The van der Waals surface area contributed by atoms with E-state index in [1.807, 2.05) is 49.4 Å². The van der Waals surface area contributed by atoms with Gasteiger partial charge >= 0.3 is 0 Å². The van der Waals surface area contributed by atoms with Crippen LogP contribution in [0.15, 0.2) is 47.4 Å². The number of carbonyl (C=O) groups is 1. The van der Waals surface area contributed by atoms with Crippen LogP contribution in [0.3, 0.4) is 0 Å². The SMILES string of the molecule is CCCCCNC(=O)C(Cc1ccccc1)NS(=O)(=O)c1c(C)cc(C)cc1C. The highest BCUT2D eigenvalue weighted by Crippen LogP contribution is 2.22. The van der Waals surface area contributed by atoms with Gasteiger partial charge in [-0.25, -0.2) is 8.42 Å². The van der Waals surface area contributed by atoms with E-state index in [0.717, 1.165) is 30.4 Å². The fraction of sp³-hybridized carbons (Fsp3) is 0.435. The third-order valence-electron chi connectivity index (χ3n) is 4.85. The molecule has 0 fully saturated rings. The van der Waals surface area contributed by atoms with E-state index in [1.54, 1.807) is 13.8 Å². The van der Waals surface area contributed by atoms with Crippen molar-refractivity contribution in [3.63, 3.8) is 0 Å². The minimum absolute atomic E-state index is 0.250. The molecule has 158 valence electrons. The van der Waals surface area contributed by atoms with Crippen LogP contribution < -0.4 is 10.0 Å². The standard InChI is InChI=1S/C23H32N2O3S/c1-5-6-10-13-24-23(26)21(16-20-11-8-7-9-12-20)25-29(27,28)22-18(3)14-17(2)15-19(22)4/h7-9,11-12,14-15,21,25H,5-6,10,13,16H2,1-4H3,(H,24,26). The van der Waals surface area contributed by atoms with Crippen LogP contribution >= 0.6 is 0 Å². The Morgan fingerprint density at radius 3 is 2.21 bits per heavy atom. The maximum absolute atomic E-state index is 13.2. The third kappa shape index (κ3) is 6.68. The fourth-order valence-corrected chi connectivity index (χ4v) is 5.23. The first kappa shape index (κ1) is 23.1. The van der Waals surface area contributed by atoms with E-state index in [4.69, 9.17) is 0 Å². The molecule has 0 aliphatic heterocycles. The number of aryl methyl sites for hydroxylation is 3. The molecular formula is C23H32N2O3S. The molecule has 6 heteroatoms. The van der Waals surface area contributed by atoms with E-state index in [0.29, 0.717) is 24.1 Å². The van der Waals surface area contributed by atoms with Gasteiger partial charge in [0.15, 0.2) is 0 Å². The molecule has 0 heterocycles. The summed E-state index contributed by atoms with van der Waals surface area (Å²) in [5, 5.41) is 2.88. The molecule has 0 radical (unpaired) electrons. The summed E-state index contributed by atoms with van der Waals surface area (Å²) in [5.74, 6) is -0.295. The molecule has 0 bridgehead atoms. The lowest BCUT2D eigenvalue weighted by Crippen LogP contribution is -2.48.